The molecule has 0 fully saturated rings. The summed E-state index contributed by atoms with van der Waals surface area (Å²) in [6.07, 6.45) is 8.26. The minimum absolute atomic E-state index is 0.229. The molecule has 0 heterocycles. The standard InChI is InChI=1S/C21H26FNO/c1-2-3-4-5-6-15-23-16-18-9-13-21(14-10-18)24-17-19-7-11-20(22)12-8-19/h7-14,16H,2-6,15,17H2,1H3. The highest BCUT2D eigenvalue weighted by Gasteiger charge is 1.97. The number of hydrogen-bond acceptors (Lipinski definition) is 2. The van der Waals surface area contributed by atoms with Gasteiger partial charge in [-0.05, 0) is 53.9 Å². The number of rotatable bonds is 10. The van der Waals surface area contributed by atoms with Gasteiger partial charge >= 0.3 is 0 Å². The van der Waals surface area contributed by atoms with Crippen molar-refractivity contribution in [1.82, 2.24) is 0 Å². The summed E-state index contributed by atoms with van der Waals surface area (Å²) >= 11 is 0. The van der Waals surface area contributed by atoms with Crippen LogP contribution in [0.15, 0.2) is 53.5 Å². The second-order valence-corrected chi connectivity index (χ2v) is 5.93. The van der Waals surface area contributed by atoms with Crippen molar-refractivity contribution in [1.29, 1.82) is 0 Å². The van der Waals surface area contributed by atoms with Crippen molar-refractivity contribution in [2.75, 3.05) is 6.54 Å². The average Bonchev–Trinajstić information content (AvgIpc) is 2.61. The number of unbranched alkanes of at least 4 members (excludes halogenated alkanes) is 4. The zero-order valence-corrected chi connectivity index (χ0v) is 14.4. The molecule has 128 valence electrons. The zero-order valence-electron chi connectivity index (χ0n) is 14.4. The Hall–Kier alpha value is -2.16. The summed E-state index contributed by atoms with van der Waals surface area (Å²) in [5.41, 5.74) is 2.03. The van der Waals surface area contributed by atoms with Crippen molar-refractivity contribution in [3.05, 3.63) is 65.5 Å². The molecule has 2 aromatic carbocycles. The van der Waals surface area contributed by atoms with Gasteiger partial charge in [0.15, 0.2) is 0 Å². The van der Waals surface area contributed by atoms with Gasteiger partial charge in [0.05, 0.1) is 0 Å². The fourth-order valence-electron chi connectivity index (χ4n) is 2.37. The molecule has 24 heavy (non-hydrogen) atoms. The number of halogens is 1. The predicted molar refractivity (Wildman–Crippen MR) is 98.4 cm³/mol. The Morgan fingerprint density at radius 3 is 2.33 bits per heavy atom. The van der Waals surface area contributed by atoms with Crippen LogP contribution in [0, 0.1) is 5.82 Å². The van der Waals surface area contributed by atoms with E-state index >= 15 is 0 Å². The molecule has 0 saturated carbocycles. The van der Waals surface area contributed by atoms with Gasteiger partial charge in [-0.15, -0.1) is 0 Å². The third-order valence-corrected chi connectivity index (χ3v) is 3.83. The molecule has 0 atom stereocenters. The van der Waals surface area contributed by atoms with E-state index in [0.29, 0.717) is 6.61 Å². The van der Waals surface area contributed by atoms with Gasteiger partial charge in [0.1, 0.15) is 18.2 Å². The molecular weight excluding hydrogens is 301 g/mol. The van der Waals surface area contributed by atoms with Crippen LogP contribution in [0.4, 0.5) is 4.39 Å². The molecule has 0 aliphatic rings. The molecule has 0 aliphatic heterocycles. The molecule has 2 rings (SSSR count). The largest absolute Gasteiger partial charge is 0.489 e. The van der Waals surface area contributed by atoms with Crippen LogP contribution in [0.25, 0.3) is 0 Å². The first kappa shape index (κ1) is 18.2. The third-order valence-electron chi connectivity index (χ3n) is 3.83. The number of ether oxygens (including phenoxy) is 1. The van der Waals surface area contributed by atoms with E-state index in [-0.39, 0.29) is 5.82 Å². The summed E-state index contributed by atoms with van der Waals surface area (Å²) in [4.78, 5) is 4.47. The molecule has 0 aliphatic carbocycles. The summed E-state index contributed by atoms with van der Waals surface area (Å²) < 4.78 is 18.5. The van der Waals surface area contributed by atoms with Crippen molar-refractivity contribution < 1.29 is 9.13 Å². The molecule has 3 heteroatoms. The Morgan fingerprint density at radius 1 is 0.917 bits per heavy atom. The second-order valence-electron chi connectivity index (χ2n) is 5.93. The van der Waals surface area contributed by atoms with Crippen LogP contribution in [-0.4, -0.2) is 12.8 Å². The average molecular weight is 327 g/mol. The van der Waals surface area contributed by atoms with Gasteiger partial charge in [-0.25, -0.2) is 4.39 Å². The van der Waals surface area contributed by atoms with Gasteiger partial charge in [-0.1, -0.05) is 44.7 Å². The number of nitrogens with zero attached hydrogens (tertiary/aromatic N) is 1. The van der Waals surface area contributed by atoms with Gasteiger partial charge in [0.25, 0.3) is 0 Å². The molecule has 2 aromatic rings. The molecule has 0 N–H and O–H groups in total. The maximum atomic E-state index is 12.8. The van der Waals surface area contributed by atoms with E-state index in [1.807, 2.05) is 30.5 Å². The first-order valence-electron chi connectivity index (χ1n) is 8.75. The summed E-state index contributed by atoms with van der Waals surface area (Å²) in [5, 5.41) is 0. The van der Waals surface area contributed by atoms with E-state index < -0.39 is 0 Å². The maximum Gasteiger partial charge on any atom is 0.123 e. The maximum absolute atomic E-state index is 12.8. The fourth-order valence-corrected chi connectivity index (χ4v) is 2.37. The predicted octanol–water partition coefficient (Wildman–Crippen LogP) is 5.79. The Balaban J connectivity index is 1.71. The van der Waals surface area contributed by atoms with E-state index in [9.17, 15) is 4.39 Å². The molecule has 0 unspecified atom stereocenters. The monoisotopic (exact) mass is 327 g/mol. The van der Waals surface area contributed by atoms with Crippen LogP contribution in [-0.2, 0) is 6.61 Å². The smallest absolute Gasteiger partial charge is 0.123 e. The van der Waals surface area contributed by atoms with Gasteiger partial charge in [-0.2, -0.15) is 0 Å². The zero-order chi connectivity index (χ0) is 17.0. The van der Waals surface area contributed by atoms with Gasteiger partial charge in [0, 0.05) is 12.8 Å². The Labute approximate surface area is 144 Å². The summed E-state index contributed by atoms with van der Waals surface area (Å²) in [6, 6.07) is 14.2. The van der Waals surface area contributed by atoms with Crippen LogP contribution in [0.2, 0.25) is 0 Å². The van der Waals surface area contributed by atoms with Crippen LogP contribution < -0.4 is 4.74 Å². The molecular formula is C21H26FNO. The van der Waals surface area contributed by atoms with Crippen molar-refractivity contribution in [3.63, 3.8) is 0 Å². The van der Waals surface area contributed by atoms with E-state index in [1.54, 1.807) is 12.1 Å². The summed E-state index contributed by atoms with van der Waals surface area (Å²) in [7, 11) is 0. The van der Waals surface area contributed by atoms with Crippen LogP contribution in [0.3, 0.4) is 0 Å². The van der Waals surface area contributed by atoms with E-state index in [1.165, 1.54) is 37.8 Å². The third kappa shape index (κ3) is 6.95. The SMILES string of the molecule is CCCCCCCN=Cc1ccc(OCc2ccc(F)cc2)cc1. The van der Waals surface area contributed by atoms with Gasteiger partial charge in [-0.3, -0.25) is 4.99 Å². The lowest BCUT2D eigenvalue weighted by atomic mass is 10.1. The summed E-state index contributed by atoms with van der Waals surface area (Å²) in [6.45, 7) is 3.56. The lowest BCUT2D eigenvalue weighted by Crippen LogP contribution is -1.95. The molecule has 2 nitrogen and oxygen atoms in total. The van der Waals surface area contributed by atoms with E-state index in [2.05, 4.69) is 11.9 Å². The van der Waals surface area contributed by atoms with Gasteiger partial charge in [0.2, 0.25) is 0 Å². The van der Waals surface area contributed by atoms with Gasteiger partial charge < -0.3 is 4.74 Å². The lowest BCUT2D eigenvalue weighted by molar-refractivity contribution is 0.306. The molecule has 0 radical (unpaired) electrons. The first-order chi connectivity index (χ1) is 11.8. The number of aliphatic imine (C=N–C) groups is 1. The highest BCUT2D eigenvalue weighted by Crippen LogP contribution is 2.14. The highest BCUT2D eigenvalue weighted by atomic mass is 19.1. The van der Waals surface area contributed by atoms with Crippen molar-refractivity contribution >= 4 is 6.21 Å². The van der Waals surface area contributed by atoms with Crippen LogP contribution in [0.1, 0.15) is 50.2 Å². The fraction of sp³-hybridized carbons (Fsp3) is 0.381. The second kappa shape index (κ2) is 10.6. The highest BCUT2D eigenvalue weighted by molar-refractivity contribution is 5.79. The molecule has 0 saturated heterocycles. The Morgan fingerprint density at radius 2 is 1.62 bits per heavy atom. The lowest BCUT2D eigenvalue weighted by Gasteiger charge is -2.06. The topological polar surface area (TPSA) is 21.6 Å². The number of hydrogen-bond donors (Lipinski definition) is 0. The molecule has 0 amide bonds. The van der Waals surface area contributed by atoms with E-state index in [4.69, 9.17) is 4.74 Å². The molecule has 0 spiro atoms. The first-order valence-corrected chi connectivity index (χ1v) is 8.75. The minimum atomic E-state index is -0.229. The normalized spacial score (nSPS) is 11.1. The molecule has 0 aromatic heterocycles. The summed E-state index contributed by atoms with van der Waals surface area (Å²) in [5.74, 6) is 0.573. The van der Waals surface area contributed by atoms with Crippen molar-refractivity contribution in [2.45, 2.75) is 45.6 Å². The minimum Gasteiger partial charge on any atom is -0.489 e. The Bertz CT molecular complexity index is 605. The Kier molecular flexibility index (Phi) is 8.02. The van der Waals surface area contributed by atoms with E-state index in [0.717, 1.165) is 29.8 Å². The van der Waals surface area contributed by atoms with Crippen molar-refractivity contribution in [2.24, 2.45) is 4.99 Å². The number of benzene rings is 2. The quantitative estimate of drug-likeness (QED) is 0.399. The van der Waals surface area contributed by atoms with Crippen LogP contribution in [0.5, 0.6) is 5.75 Å². The molecule has 0 bridgehead atoms. The van der Waals surface area contributed by atoms with Crippen molar-refractivity contribution in [3.8, 4) is 5.75 Å². The van der Waals surface area contributed by atoms with Crippen LogP contribution >= 0.6 is 0 Å².